The van der Waals surface area contributed by atoms with E-state index in [-0.39, 0.29) is 25.6 Å². The lowest BCUT2D eigenvalue weighted by Crippen LogP contribution is -2.33. The van der Waals surface area contributed by atoms with Crippen LogP contribution in [0.1, 0.15) is 13.3 Å². The van der Waals surface area contributed by atoms with Crippen molar-refractivity contribution in [2.75, 3.05) is 13.2 Å². The van der Waals surface area contributed by atoms with Gasteiger partial charge in [0.2, 0.25) is 0 Å². The highest BCUT2D eigenvalue weighted by Crippen LogP contribution is 2.19. The Morgan fingerprint density at radius 1 is 1.64 bits per heavy atom. The van der Waals surface area contributed by atoms with Crippen LogP contribution in [0.5, 0.6) is 0 Å². The smallest absolute Gasteiger partial charge is 0.311 e. The van der Waals surface area contributed by atoms with Crippen LogP contribution in [0, 0.1) is 5.41 Å². The SMILES string of the molecule is CC(CO)(CCN)C(=O)O.Cl. The fourth-order valence-corrected chi connectivity index (χ4v) is 0.572. The van der Waals surface area contributed by atoms with Crippen molar-refractivity contribution in [1.82, 2.24) is 0 Å². The number of carboxylic acids is 1. The molecule has 0 aliphatic carbocycles. The summed E-state index contributed by atoms with van der Waals surface area (Å²) in [4.78, 5) is 10.4. The second kappa shape index (κ2) is 5.35. The largest absolute Gasteiger partial charge is 0.481 e. The molecule has 1 unspecified atom stereocenters. The molecule has 1 atom stereocenters. The first-order chi connectivity index (χ1) is 4.56. The average molecular weight is 184 g/mol. The van der Waals surface area contributed by atoms with E-state index in [9.17, 15) is 4.79 Å². The van der Waals surface area contributed by atoms with Crippen LogP contribution in [0.15, 0.2) is 0 Å². The molecule has 0 aliphatic heterocycles. The zero-order valence-electron chi connectivity index (χ0n) is 6.41. The summed E-state index contributed by atoms with van der Waals surface area (Å²) in [6, 6.07) is 0. The molecule has 4 nitrogen and oxygen atoms in total. The summed E-state index contributed by atoms with van der Waals surface area (Å²) in [6.45, 7) is 1.39. The number of aliphatic carboxylic acids is 1. The van der Waals surface area contributed by atoms with Gasteiger partial charge in [0.25, 0.3) is 0 Å². The van der Waals surface area contributed by atoms with Gasteiger partial charge in [0, 0.05) is 0 Å². The Bertz CT molecular complexity index is 131. The monoisotopic (exact) mass is 183 g/mol. The molecule has 0 amide bonds. The number of carboxylic acid groups (broad SMARTS) is 1. The van der Waals surface area contributed by atoms with E-state index in [0.717, 1.165) is 0 Å². The van der Waals surface area contributed by atoms with Crippen LogP contribution in [0.25, 0.3) is 0 Å². The molecule has 0 aromatic rings. The van der Waals surface area contributed by atoms with E-state index in [1.54, 1.807) is 0 Å². The summed E-state index contributed by atoms with van der Waals surface area (Å²) in [5, 5.41) is 17.2. The molecule has 5 heteroatoms. The number of hydrogen-bond donors (Lipinski definition) is 3. The van der Waals surface area contributed by atoms with Gasteiger partial charge in [-0.3, -0.25) is 4.79 Å². The highest BCUT2D eigenvalue weighted by Gasteiger charge is 2.30. The summed E-state index contributed by atoms with van der Waals surface area (Å²) >= 11 is 0. The van der Waals surface area contributed by atoms with Crippen LogP contribution >= 0.6 is 12.4 Å². The van der Waals surface area contributed by atoms with Gasteiger partial charge in [-0.2, -0.15) is 0 Å². The van der Waals surface area contributed by atoms with Gasteiger partial charge < -0.3 is 15.9 Å². The lowest BCUT2D eigenvalue weighted by atomic mass is 9.88. The van der Waals surface area contributed by atoms with E-state index < -0.39 is 11.4 Å². The molecule has 0 heterocycles. The minimum atomic E-state index is -1.06. The first-order valence-corrected chi connectivity index (χ1v) is 3.11. The number of aliphatic hydroxyl groups excluding tert-OH is 1. The third-order valence-corrected chi connectivity index (χ3v) is 1.56. The standard InChI is InChI=1S/C6H13NO3.ClH/c1-6(4-8,2-3-7)5(9)10;/h8H,2-4,7H2,1H3,(H,9,10);1H. The minimum absolute atomic E-state index is 0. The second-order valence-corrected chi connectivity index (χ2v) is 2.56. The summed E-state index contributed by atoms with van der Waals surface area (Å²) in [5.41, 5.74) is 4.09. The lowest BCUT2D eigenvalue weighted by molar-refractivity contribution is -0.150. The normalized spacial score (nSPS) is 14.8. The van der Waals surface area contributed by atoms with Gasteiger partial charge in [-0.05, 0) is 19.9 Å². The molecular formula is C6H14ClNO3. The molecule has 68 valence electrons. The Balaban J connectivity index is 0. The van der Waals surface area contributed by atoms with Gasteiger partial charge in [0.1, 0.15) is 0 Å². The van der Waals surface area contributed by atoms with Crippen molar-refractivity contribution in [2.45, 2.75) is 13.3 Å². The highest BCUT2D eigenvalue weighted by molar-refractivity contribution is 5.85. The van der Waals surface area contributed by atoms with Gasteiger partial charge in [-0.1, -0.05) is 0 Å². The summed E-state index contributed by atoms with van der Waals surface area (Å²) in [5.74, 6) is -1.000. The number of rotatable bonds is 4. The molecule has 4 N–H and O–H groups in total. The van der Waals surface area contributed by atoms with Crippen LogP contribution in [-0.2, 0) is 4.79 Å². The van der Waals surface area contributed by atoms with E-state index in [1.165, 1.54) is 6.92 Å². The molecule has 0 saturated heterocycles. The average Bonchev–Trinajstić information content (AvgIpc) is 1.88. The first kappa shape index (κ1) is 13.3. The molecule has 0 aromatic heterocycles. The predicted molar refractivity (Wildman–Crippen MR) is 43.7 cm³/mol. The minimum Gasteiger partial charge on any atom is -0.481 e. The molecule has 0 rings (SSSR count). The van der Waals surface area contributed by atoms with Crippen LogP contribution in [0.4, 0.5) is 0 Å². The van der Waals surface area contributed by atoms with E-state index in [0.29, 0.717) is 6.42 Å². The van der Waals surface area contributed by atoms with Crippen LogP contribution < -0.4 is 5.73 Å². The predicted octanol–water partition coefficient (Wildman–Crippen LogP) is -0.160. The van der Waals surface area contributed by atoms with Gasteiger partial charge in [0.15, 0.2) is 0 Å². The number of aliphatic hydroxyl groups is 1. The van der Waals surface area contributed by atoms with Crippen molar-refractivity contribution in [3.05, 3.63) is 0 Å². The second-order valence-electron chi connectivity index (χ2n) is 2.56. The first-order valence-electron chi connectivity index (χ1n) is 3.11. The quantitative estimate of drug-likeness (QED) is 0.566. The van der Waals surface area contributed by atoms with Crippen molar-refractivity contribution in [3.63, 3.8) is 0 Å². The van der Waals surface area contributed by atoms with Crippen molar-refractivity contribution < 1.29 is 15.0 Å². The van der Waals surface area contributed by atoms with E-state index in [4.69, 9.17) is 15.9 Å². The van der Waals surface area contributed by atoms with Gasteiger partial charge >= 0.3 is 5.97 Å². The van der Waals surface area contributed by atoms with Crippen LogP contribution in [0.3, 0.4) is 0 Å². The van der Waals surface area contributed by atoms with E-state index in [2.05, 4.69) is 0 Å². The van der Waals surface area contributed by atoms with Crippen molar-refractivity contribution in [3.8, 4) is 0 Å². The number of carbonyl (C=O) groups is 1. The Hall–Kier alpha value is -0.320. The molecule has 0 saturated carbocycles. The zero-order valence-corrected chi connectivity index (χ0v) is 7.23. The maximum Gasteiger partial charge on any atom is 0.311 e. The topological polar surface area (TPSA) is 83.5 Å². The molecule has 11 heavy (non-hydrogen) atoms. The Kier molecular flexibility index (Phi) is 6.46. The summed E-state index contributed by atoms with van der Waals surface area (Å²) < 4.78 is 0. The highest BCUT2D eigenvalue weighted by atomic mass is 35.5. The van der Waals surface area contributed by atoms with Crippen molar-refractivity contribution in [1.29, 1.82) is 0 Å². The van der Waals surface area contributed by atoms with Crippen LogP contribution in [-0.4, -0.2) is 29.3 Å². The van der Waals surface area contributed by atoms with Crippen molar-refractivity contribution in [2.24, 2.45) is 11.1 Å². The fraction of sp³-hybridized carbons (Fsp3) is 0.833. The molecule has 0 radical (unpaired) electrons. The molecule has 0 aromatic carbocycles. The summed E-state index contributed by atoms with van der Waals surface area (Å²) in [7, 11) is 0. The lowest BCUT2D eigenvalue weighted by Gasteiger charge is -2.20. The number of nitrogens with two attached hydrogens (primary N) is 1. The van der Waals surface area contributed by atoms with Crippen LogP contribution in [0.2, 0.25) is 0 Å². The summed E-state index contributed by atoms with van der Waals surface area (Å²) in [6.07, 6.45) is 0.304. The third-order valence-electron chi connectivity index (χ3n) is 1.56. The molecule has 0 spiro atoms. The third kappa shape index (κ3) is 3.55. The Morgan fingerprint density at radius 2 is 2.09 bits per heavy atom. The van der Waals surface area contributed by atoms with E-state index >= 15 is 0 Å². The maximum absolute atomic E-state index is 10.4. The molecule has 0 fully saturated rings. The van der Waals surface area contributed by atoms with Gasteiger partial charge in [-0.25, -0.2) is 0 Å². The Labute approximate surface area is 71.8 Å². The van der Waals surface area contributed by atoms with Gasteiger partial charge in [-0.15, -0.1) is 12.4 Å². The molecule has 0 aliphatic rings. The fourth-order valence-electron chi connectivity index (χ4n) is 0.572. The van der Waals surface area contributed by atoms with E-state index in [1.807, 2.05) is 0 Å². The number of hydrogen-bond acceptors (Lipinski definition) is 3. The molecular weight excluding hydrogens is 170 g/mol. The molecule has 0 bridgehead atoms. The Morgan fingerprint density at radius 3 is 2.18 bits per heavy atom. The number of halogens is 1. The maximum atomic E-state index is 10.4. The zero-order chi connectivity index (χ0) is 8.20. The van der Waals surface area contributed by atoms with Gasteiger partial charge in [0.05, 0.1) is 12.0 Å². The van der Waals surface area contributed by atoms with Crippen molar-refractivity contribution >= 4 is 18.4 Å².